The molecule has 2 atom stereocenters. The van der Waals surface area contributed by atoms with Crippen LogP contribution in [0.25, 0.3) is 0 Å². The summed E-state index contributed by atoms with van der Waals surface area (Å²) in [5, 5.41) is 11.1. The van der Waals surface area contributed by atoms with Crippen LogP contribution in [0.1, 0.15) is 31.2 Å². The maximum Gasteiger partial charge on any atom is 0.272 e. The van der Waals surface area contributed by atoms with Gasteiger partial charge in [0.1, 0.15) is 0 Å². The fourth-order valence-corrected chi connectivity index (χ4v) is 2.96. The number of para-hydroxylation sites is 1. The Morgan fingerprint density at radius 3 is 2.76 bits per heavy atom. The van der Waals surface area contributed by atoms with Gasteiger partial charge < -0.3 is 0 Å². The zero-order valence-electron chi connectivity index (χ0n) is 9.64. The largest absolute Gasteiger partial charge is 0.272 e. The maximum atomic E-state index is 10.9. The molecule has 1 aliphatic carbocycles. The molecule has 2 rings (SSSR count). The van der Waals surface area contributed by atoms with E-state index in [2.05, 4.69) is 0 Å². The molecule has 0 aliphatic heterocycles. The van der Waals surface area contributed by atoms with E-state index in [1.165, 1.54) is 6.42 Å². The van der Waals surface area contributed by atoms with Crippen LogP contribution in [-0.4, -0.2) is 10.3 Å². The maximum absolute atomic E-state index is 10.9. The van der Waals surface area contributed by atoms with E-state index in [1.807, 2.05) is 12.1 Å². The van der Waals surface area contributed by atoms with Crippen molar-refractivity contribution in [2.45, 2.75) is 37.5 Å². The van der Waals surface area contributed by atoms with Crippen LogP contribution in [0.3, 0.4) is 0 Å². The van der Waals surface area contributed by atoms with E-state index >= 15 is 0 Å². The van der Waals surface area contributed by atoms with Gasteiger partial charge in [-0.15, -0.1) is 11.6 Å². The highest BCUT2D eigenvalue weighted by atomic mass is 35.5. The zero-order chi connectivity index (χ0) is 12.3. The van der Waals surface area contributed by atoms with E-state index < -0.39 is 0 Å². The molecule has 0 amide bonds. The first kappa shape index (κ1) is 12.4. The highest BCUT2D eigenvalue weighted by Crippen LogP contribution is 2.34. The Balaban J connectivity index is 2.01. The first-order valence-corrected chi connectivity index (χ1v) is 6.48. The second-order valence-corrected chi connectivity index (χ2v) is 5.19. The highest BCUT2D eigenvalue weighted by molar-refractivity contribution is 6.20. The fraction of sp³-hybridized carbons (Fsp3) is 0.538. The summed E-state index contributed by atoms with van der Waals surface area (Å²) in [7, 11) is 0. The van der Waals surface area contributed by atoms with E-state index in [1.54, 1.807) is 12.1 Å². The fourth-order valence-electron chi connectivity index (χ4n) is 2.56. The molecule has 3 nitrogen and oxygen atoms in total. The number of alkyl halides is 1. The van der Waals surface area contributed by atoms with Crippen molar-refractivity contribution in [1.29, 1.82) is 0 Å². The molecule has 92 valence electrons. The molecule has 1 aliphatic rings. The molecule has 1 saturated carbocycles. The molecule has 0 N–H and O–H groups in total. The Hall–Kier alpha value is -1.09. The summed E-state index contributed by atoms with van der Waals surface area (Å²) in [6.45, 7) is 0. The van der Waals surface area contributed by atoms with Crippen LogP contribution in [-0.2, 0) is 6.42 Å². The molecule has 17 heavy (non-hydrogen) atoms. The number of benzene rings is 1. The van der Waals surface area contributed by atoms with Crippen molar-refractivity contribution in [2.75, 3.05) is 0 Å². The van der Waals surface area contributed by atoms with Crippen molar-refractivity contribution < 1.29 is 4.92 Å². The molecule has 0 saturated heterocycles. The Bertz CT molecular complexity index is 408. The van der Waals surface area contributed by atoms with Gasteiger partial charge in [0.25, 0.3) is 5.69 Å². The van der Waals surface area contributed by atoms with Gasteiger partial charge >= 0.3 is 0 Å². The third kappa shape index (κ3) is 2.97. The third-order valence-corrected chi connectivity index (χ3v) is 4.11. The van der Waals surface area contributed by atoms with Gasteiger partial charge in [0.15, 0.2) is 0 Å². The SMILES string of the molecule is O=[N+]([O-])c1ccccc1CCC1CCCC1Cl. The molecule has 0 spiro atoms. The number of hydrogen-bond acceptors (Lipinski definition) is 2. The zero-order valence-corrected chi connectivity index (χ0v) is 10.4. The number of nitrogens with zero attached hydrogens (tertiary/aromatic N) is 1. The van der Waals surface area contributed by atoms with Crippen molar-refractivity contribution in [3.05, 3.63) is 39.9 Å². The molecular weight excluding hydrogens is 238 g/mol. The minimum atomic E-state index is -0.303. The van der Waals surface area contributed by atoms with E-state index in [0.717, 1.165) is 31.2 Å². The van der Waals surface area contributed by atoms with Gasteiger partial charge in [-0.05, 0) is 31.6 Å². The van der Waals surface area contributed by atoms with E-state index in [-0.39, 0.29) is 16.0 Å². The summed E-state index contributed by atoms with van der Waals surface area (Å²) in [4.78, 5) is 10.6. The molecular formula is C13H16ClNO2. The molecule has 2 unspecified atom stereocenters. The van der Waals surface area contributed by atoms with Gasteiger partial charge in [-0.25, -0.2) is 0 Å². The summed E-state index contributed by atoms with van der Waals surface area (Å²) in [6.07, 6.45) is 5.15. The van der Waals surface area contributed by atoms with Gasteiger partial charge in [0.05, 0.1) is 4.92 Å². The van der Waals surface area contributed by atoms with Crippen LogP contribution < -0.4 is 0 Å². The number of hydrogen-bond donors (Lipinski definition) is 0. The molecule has 4 heteroatoms. The van der Waals surface area contributed by atoms with E-state index in [9.17, 15) is 10.1 Å². The number of nitro groups is 1. The van der Waals surface area contributed by atoms with Gasteiger partial charge in [-0.1, -0.05) is 24.6 Å². The van der Waals surface area contributed by atoms with Crippen LogP contribution in [0.4, 0.5) is 5.69 Å². The second kappa shape index (κ2) is 5.50. The lowest BCUT2D eigenvalue weighted by Crippen LogP contribution is -2.08. The second-order valence-electron chi connectivity index (χ2n) is 4.63. The molecule has 0 aromatic heterocycles. The molecule has 0 bridgehead atoms. The van der Waals surface area contributed by atoms with Gasteiger partial charge in [0.2, 0.25) is 0 Å². The lowest BCUT2D eigenvalue weighted by Gasteiger charge is -2.13. The standard InChI is InChI=1S/C13H16ClNO2/c14-12-6-3-5-10(12)8-9-11-4-1-2-7-13(11)15(16)17/h1-2,4,7,10,12H,3,5-6,8-9H2. The van der Waals surface area contributed by atoms with Crippen molar-refractivity contribution >= 4 is 17.3 Å². The Morgan fingerprint density at radius 1 is 1.35 bits per heavy atom. The summed E-state index contributed by atoms with van der Waals surface area (Å²) in [5.41, 5.74) is 1.06. The Kier molecular flexibility index (Phi) is 4.00. The van der Waals surface area contributed by atoms with Crippen LogP contribution in [0.15, 0.2) is 24.3 Å². The van der Waals surface area contributed by atoms with Crippen LogP contribution in [0, 0.1) is 16.0 Å². The normalized spacial score (nSPS) is 23.8. The monoisotopic (exact) mass is 253 g/mol. The number of aryl methyl sites for hydroxylation is 1. The minimum absolute atomic E-state index is 0.233. The summed E-state index contributed by atoms with van der Waals surface area (Å²) in [6, 6.07) is 6.98. The summed E-state index contributed by atoms with van der Waals surface area (Å²) in [5.74, 6) is 0.525. The molecule has 0 heterocycles. The van der Waals surface area contributed by atoms with Crippen molar-refractivity contribution in [3.63, 3.8) is 0 Å². The average Bonchev–Trinajstić information content (AvgIpc) is 2.72. The minimum Gasteiger partial charge on any atom is -0.258 e. The number of rotatable bonds is 4. The summed E-state index contributed by atoms with van der Waals surface area (Å²) < 4.78 is 0. The van der Waals surface area contributed by atoms with Crippen molar-refractivity contribution in [2.24, 2.45) is 5.92 Å². The molecule has 1 aromatic rings. The quantitative estimate of drug-likeness (QED) is 0.463. The van der Waals surface area contributed by atoms with Crippen LogP contribution in [0.5, 0.6) is 0 Å². The molecule has 0 radical (unpaired) electrons. The Morgan fingerprint density at radius 2 is 2.12 bits per heavy atom. The Labute approximate surface area is 106 Å². The van der Waals surface area contributed by atoms with Crippen molar-refractivity contribution in [1.82, 2.24) is 0 Å². The lowest BCUT2D eigenvalue weighted by atomic mass is 9.97. The summed E-state index contributed by atoms with van der Waals surface area (Å²) >= 11 is 6.21. The average molecular weight is 254 g/mol. The predicted octanol–water partition coefficient (Wildman–Crippen LogP) is 3.93. The predicted molar refractivity (Wildman–Crippen MR) is 68.4 cm³/mol. The van der Waals surface area contributed by atoms with Crippen LogP contribution in [0.2, 0.25) is 0 Å². The molecule has 1 aromatic carbocycles. The first-order valence-electron chi connectivity index (χ1n) is 6.05. The highest BCUT2D eigenvalue weighted by Gasteiger charge is 2.25. The molecule has 1 fully saturated rings. The third-order valence-electron chi connectivity index (χ3n) is 3.54. The van der Waals surface area contributed by atoms with Crippen molar-refractivity contribution in [3.8, 4) is 0 Å². The number of halogens is 1. The topological polar surface area (TPSA) is 43.1 Å². The number of nitro benzene ring substituents is 1. The lowest BCUT2D eigenvalue weighted by molar-refractivity contribution is -0.385. The first-order chi connectivity index (χ1) is 8.18. The van der Waals surface area contributed by atoms with Crippen LogP contribution >= 0.6 is 11.6 Å². The smallest absolute Gasteiger partial charge is 0.258 e. The van der Waals surface area contributed by atoms with Gasteiger partial charge in [-0.3, -0.25) is 10.1 Å². The van der Waals surface area contributed by atoms with Gasteiger partial charge in [0, 0.05) is 17.0 Å². The van der Waals surface area contributed by atoms with E-state index in [0.29, 0.717) is 5.92 Å². The van der Waals surface area contributed by atoms with E-state index in [4.69, 9.17) is 11.6 Å². The van der Waals surface area contributed by atoms with Gasteiger partial charge in [-0.2, -0.15) is 0 Å².